The monoisotopic (exact) mass is 220 g/mol. The molecule has 0 spiro atoms. The van der Waals surface area contributed by atoms with E-state index in [1.807, 2.05) is 0 Å². The molecule has 1 amide bonds. The van der Waals surface area contributed by atoms with Crippen molar-refractivity contribution in [3.8, 4) is 0 Å². The minimum absolute atomic E-state index is 0.0728. The van der Waals surface area contributed by atoms with Crippen LogP contribution in [0.5, 0.6) is 0 Å². The van der Waals surface area contributed by atoms with Crippen molar-refractivity contribution in [1.82, 2.24) is 10.6 Å². The maximum absolute atomic E-state index is 11.0. The lowest BCUT2D eigenvalue weighted by Crippen LogP contribution is -2.26. The van der Waals surface area contributed by atoms with Crippen LogP contribution in [0.2, 0.25) is 0 Å². The topological polar surface area (TPSA) is 41.1 Å². The molecule has 1 aromatic rings. The first-order valence-corrected chi connectivity index (χ1v) is 5.64. The molecule has 0 aromatic heterocycles. The average Bonchev–Trinajstić information content (AvgIpc) is 2.29. The van der Waals surface area contributed by atoms with Gasteiger partial charge in [0.15, 0.2) is 0 Å². The fourth-order valence-electron chi connectivity index (χ4n) is 1.50. The third-order valence-electron chi connectivity index (χ3n) is 2.66. The number of carbonyl (C=O) groups excluding carboxylic acids is 1. The second-order valence-corrected chi connectivity index (χ2v) is 4.01. The van der Waals surface area contributed by atoms with E-state index in [9.17, 15) is 4.79 Å². The molecule has 0 saturated heterocycles. The third-order valence-corrected chi connectivity index (χ3v) is 2.66. The number of nitrogens with one attached hydrogen (secondary N) is 2. The smallest absolute Gasteiger partial charge is 0.221 e. The summed E-state index contributed by atoms with van der Waals surface area (Å²) in [6.45, 7) is 4.89. The van der Waals surface area contributed by atoms with Gasteiger partial charge < -0.3 is 10.6 Å². The Morgan fingerprint density at radius 3 is 2.50 bits per heavy atom. The Kier molecular flexibility index (Phi) is 4.99. The van der Waals surface area contributed by atoms with Gasteiger partial charge in [0.05, 0.1) is 0 Å². The van der Waals surface area contributed by atoms with Crippen molar-refractivity contribution in [1.29, 1.82) is 0 Å². The molecule has 1 atom stereocenters. The highest BCUT2D eigenvalue weighted by atomic mass is 16.1. The minimum Gasteiger partial charge on any atom is -0.359 e. The zero-order chi connectivity index (χ0) is 12.0. The maximum Gasteiger partial charge on any atom is 0.221 e. The number of hydrogen-bond acceptors (Lipinski definition) is 2. The van der Waals surface area contributed by atoms with Crippen molar-refractivity contribution in [2.75, 3.05) is 13.6 Å². The lowest BCUT2D eigenvalue weighted by Gasteiger charge is -2.14. The molecular weight excluding hydrogens is 200 g/mol. The molecule has 0 fully saturated rings. The first kappa shape index (κ1) is 12.7. The van der Waals surface area contributed by atoms with E-state index in [2.05, 4.69) is 48.7 Å². The molecule has 3 heteroatoms. The van der Waals surface area contributed by atoms with Gasteiger partial charge in [-0.05, 0) is 19.4 Å². The van der Waals surface area contributed by atoms with Gasteiger partial charge >= 0.3 is 0 Å². The lowest BCUT2D eigenvalue weighted by atomic mass is 10.1. The van der Waals surface area contributed by atoms with Crippen LogP contribution in [-0.4, -0.2) is 19.5 Å². The Morgan fingerprint density at radius 2 is 1.94 bits per heavy atom. The zero-order valence-electron chi connectivity index (χ0n) is 10.2. The van der Waals surface area contributed by atoms with Crippen LogP contribution in [-0.2, 0) is 4.79 Å². The van der Waals surface area contributed by atoms with E-state index in [4.69, 9.17) is 0 Å². The van der Waals surface area contributed by atoms with Crippen LogP contribution in [0.1, 0.15) is 30.5 Å². The standard InChI is InChI=1S/C13H20N2O/c1-10-4-6-12(7-5-10)11(2)15-9-8-13(16)14-3/h4-7,11,15H,8-9H2,1-3H3,(H,14,16)/t11-/m1/s1. The van der Waals surface area contributed by atoms with Crippen LogP contribution in [0.15, 0.2) is 24.3 Å². The number of rotatable bonds is 5. The van der Waals surface area contributed by atoms with E-state index >= 15 is 0 Å². The number of carbonyl (C=O) groups is 1. The Hall–Kier alpha value is -1.35. The number of aryl methyl sites for hydroxylation is 1. The molecule has 1 aromatic carbocycles. The molecule has 16 heavy (non-hydrogen) atoms. The molecule has 0 aliphatic heterocycles. The summed E-state index contributed by atoms with van der Waals surface area (Å²) in [5, 5.41) is 5.93. The Bertz CT molecular complexity index is 332. The van der Waals surface area contributed by atoms with Crippen molar-refractivity contribution < 1.29 is 4.79 Å². The van der Waals surface area contributed by atoms with Gasteiger partial charge in [0.2, 0.25) is 5.91 Å². The number of benzene rings is 1. The summed E-state index contributed by atoms with van der Waals surface area (Å²) in [6.07, 6.45) is 0.521. The van der Waals surface area contributed by atoms with Gasteiger partial charge in [0.25, 0.3) is 0 Å². The molecule has 2 N–H and O–H groups in total. The van der Waals surface area contributed by atoms with Gasteiger partial charge in [-0.2, -0.15) is 0 Å². The van der Waals surface area contributed by atoms with Gasteiger partial charge in [-0.3, -0.25) is 4.79 Å². The highest BCUT2D eigenvalue weighted by Gasteiger charge is 2.04. The summed E-state index contributed by atoms with van der Waals surface area (Å²) in [6, 6.07) is 8.73. The second kappa shape index (κ2) is 6.28. The molecule has 0 heterocycles. The zero-order valence-corrected chi connectivity index (χ0v) is 10.2. The Labute approximate surface area is 97.2 Å². The lowest BCUT2D eigenvalue weighted by molar-refractivity contribution is -0.120. The summed E-state index contributed by atoms with van der Waals surface area (Å²) < 4.78 is 0. The van der Waals surface area contributed by atoms with E-state index in [0.717, 1.165) is 0 Å². The largest absolute Gasteiger partial charge is 0.359 e. The summed E-state index contributed by atoms with van der Waals surface area (Å²) >= 11 is 0. The highest BCUT2D eigenvalue weighted by Crippen LogP contribution is 2.12. The molecule has 88 valence electrons. The van der Waals surface area contributed by atoms with E-state index in [1.165, 1.54) is 11.1 Å². The van der Waals surface area contributed by atoms with Crippen molar-refractivity contribution >= 4 is 5.91 Å². The summed E-state index contributed by atoms with van der Waals surface area (Å²) in [5.41, 5.74) is 2.52. The second-order valence-electron chi connectivity index (χ2n) is 4.01. The van der Waals surface area contributed by atoms with Crippen LogP contribution >= 0.6 is 0 Å². The predicted molar refractivity (Wildman–Crippen MR) is 66.3 cm³/mol. The maximum atomic E-state index is 11.0. The molecule has 0 unspecified atom stereocenters. The molecule has 1 rings (SSSR count). The van der Waals surface area contributed by atoms with E-state index in [-0.39, 0.29) is 11.9 Å². The molecule has 0 aliphatic carbocycles. The van der Waals surface area contributed by atoms with E-state index < -0.39 is 0 Å². The van der Waals surface area contributed by atoms with Crippen LogP contribution in [0.4, 0.5) is 0 Å². The summed E-state index contributed by atoms with van der Waals surface area (Å²) in [4.78, 5) is 11.0. The normalized spacial score (nSPS) is 12.2. The fourth-order valence-corrected chi connectivity index (χ4v) is 1.50. The van der Waals surface area contributed by atoms with Crippen LogP contribution in [0.25, 0.3) is 0 Å². The molecule has 0 saturated carbocycles. The first-order chi connectivity index (χ1) is 7.63. The molecule has 0 radical (unpaired) electrons. The van der Waals surface area contributed by atoms with Crippen molar-refractivity contribution in [2.45, 2.75) is 26.3 Å². The molecular formula is C13H20N2O. The van der Waals surface area contributed by atoms with Gasteiger partial charge in [-0.15, -0.1) is 0 Å². The predicted octanol–water partition coefficient (Wildman–Crippen LogP) is 1.78. The third kappa shape index (κ3) is 4.03. The van der Waals surface area contributed by atoms with Gasteiger partial charge in [0.1, 0.15) is 0 Å². The highest BCUT2D eigenvalue weighted by molar-refractivity contribution is 5.75. The number of amides is 1. The van der Waals surface area contributed by atoms with E-state index in [0.29, 0.717) is 13.0 Å². The van der Waals surface area contributed by atoms with Crippen LogP contribution in [0.3, 0.4) is 0 Å². The molecule has 3 nitrogen and oxygen atoms in total. The van der Waals surface area contributed by atoms with Crippen molar-refractivity contribution in [2.24, 2.45) is 0 Å². The minimum atomic E-state index is 0.0728. The van der Waals surface area contributed by atoms with Gasteiger partial charge in [0, 0.05) is 26.1 Å². The van der Waals surface area contributed by atoms with Crippen LogP contribution < -0.4 is 10.6 Å². The quantitative estimate of drug-likeness (QED) is 0.794. The van der Waals surface area contributed by atoms with E-state index in [1.54, 1.807) is 7.05 Å². The van der Waals surface area contributed by atoms with Gasteiger partial charge in [-0.25, -0.2) is 0 Å². The SMILES string of the molecule is CNC(=O)CCN[C@H](C)c1ccc(C)cc1. The van der Waals surface area contributed by atoms with Crippen molar-refractivity contribution in [3.63, 3.8) is 0 Å². The van der Waals surface area contributed by atoms with Crippen molar-refractivity contribution in [3.05, 3.63) is 35.4 Å². The Balaban J connectivity index is 2.37. The molecule has 0 bridgehead atoms. The Morgan fingerprint density at radius 1 is 1.31 bits per heavy atom. The van der Waals surface area contributed by atoms with Gasteiger partial charge in [-0.1, -0.05) is 29.8 Å². The molecule has 0 aliphatic rings. The summed E-state index contributed by atoms with van der Waals surface area (Å²) in [7, 11) is 1.66. The summed E-state index contributed by atoms with van der Waals surface area (Å²) in [5.74, 6) is 0.0728. The fraction of sp³-hybridized carbons (Fsp3) is 0.462. The number of hydrogen-bond donors (Lipinski definition) is 2. The average molecular weight is 220 g/mol. The van der Waals surface area contributed by atoms with Crippen LogP contribution in [0, 0.1) is 6.92 Å². The first-order valence-electron chi connectivity index (χ1n) is 5.64.